The van der Waals surface area contributed by atoms with Crippen LogP contribution in [0, 0.1) is 0 Å². The molecule has 4 amide bonds. The van der Waals surface area contributed by atoms with Crippen LogP contribution < -0.4 is 20.1 Å². The monoisotopic (exact) mass is 711 g/mol. The summed E-state index contributed by atoms with van der Waals surface area (Å²) in [4.78, 5) is 59.9. The van der Waals surface area contributed by atoms with Crippen molar-refractivity contribution in [1.82, 2.24) is 30.4 Å². The summed E-state index contributed by atoms with van der Waals surface area (Å²) >= 11 is 0. The molecule has 3 aliphatic rings. The van der Waals surface area contributed by atoms with E-state index >= 15 is 0 Å². The smallest absolute Gasteiger partial charge is 0.262 e. The normalized spacial score (nSPS) is 19.7. The number of rotatable bonds is 11. The molecule has 1 saturated heterocycles. The number of aromatic amines is 1. The van der Waals surface area contributed by atoms with Crippen molar-refractivity contribution in [3.63, 3.8) is 0 Å². The molecule has 13 heteroatoms. The zero-order valence-electron chi connectivity index (χ0n) is 29.2. The van der Waals surface area contributed by atoms with Gasteiger partial charge in [0.05, 0.1) is 28.6 Å². The molecule has 3 N–H and O–H groups in total. The highest BCUT2D eigenvalue weighted by Gasteiger charge is 2.45. The van der Waals surface area contributed by atoms with E-state index in [4.69, 9.17) is 9.47 Å². The Balaban J connectivity index is 0.823. The van der Waals surface area contributed by atoms with Gasteiger partial charge < -0.3 is 14.8 Å². The Labute approximate surface area is 305 Å². The van der Waals surface area contributed by atoms with E-state index in [9.17, 15) is 19.2 Å². The van der Waals surface area contributed by atoms with Gasteiger partial charge in [0, 0.05) is 48.8 Å². The lowest BCUT2D eigenvalue weighted by Gasteiger charge is -2.36. The molecule has 0 bridgehead atoms. The van der Waals surface area contributed by atoms with Gasteiger partial charge in [-0.05, 0) is 66.1 Å². The predicted molar refractivity (Wildman–Crippen MR) is 193 cm³/mol. The molecule has 13 nitrogen and oxygen atoms in total. The van der Waals surface area contributed by atoms with Gasteiger partial charge in [0.15, 0.2) is 5.82 Å². The molecule has 53 heavy (non-hydrogen) atoms. The Hall–Kier alpha value is -6.37. The standard InChI is InChI=1S/C40H37N7O6/c1-40(2,24-3-8-29(9-4-24)52-22-27-15-16-41-36(45-27)23-20-42-43-21-23)25-5-10-30(11-6-25)53-31-17-28(18-31)44-26-7-12-32-33(19-26)39(51)47(38(32)50)34-13-14-35(48)46-37(34)49/h3-12,15-16,19-21,28,31,34,44H,13-14,17-18,22H2,1-2H3,(H,42,43)(H,46,48,49)/t28-,31+,34?. The van der Waals surface area contributed by atoms with Crippen LogP contribution in [0.25, 0.3) is 11.4 Å². The van der Waals surface area contributed by atoms with Crippen molar-refractivity contribution in [2.24, 2.45) is 0 Å². The van der Waals surface area contributed by atoms with Crippen LogP contribution in [-0.2, 0) is 21.6 Å². The number of nitrogens with zero attached hydrogens (tertiary/aromatic N) is 4. The number of carbonyl (C=O) groups excluding carboxylic acids is 4. The number of aromatic nitrogens is 4. The zero-order chi connectivity index (χ0) is 36.7. The topological polar surface area (TPSA) is 168 Å². The summed E-state index contributed by atoms with van der Waals surface area (Å²) in [6, 6.07) is 22.4. The van der Waals surface area contributed by atoms with E-state index in [0.29, 0.717) is 12.4 Å². The molecule has 1 aliphatic carbocycles. The highest BCUT2D eigenvalue weighted by molar-refractivity contribution is 6.23. The first-order valence-electron chi connectivity index (χ1n) is 17.6. The number of benzene rings is 3. The fourth-order valence-electron chi connectivity index (χ4n) is 7.00. The number of nitrogens with one attached hydrogen (secondary N) is 3. The summed E-state index contributed by atoms with van der Waals surface area (Å²) in [6.07, 6.45) is 6.94. The van der Waals surface area contributed by atoms with Crippen LogP contribution in [0.15, 0.2) is 91.4 Å². The molecule has 1 saturated carbocycles. The number of carbonyl (C=O) groups is 4. The third kappa shape index (κ3) is 6.73. The summed E-state index contributed by atoms with van der Waals surface area (Å²) in [6.45, 7) is 4.70. The Bertz CT molecular complexity index is 2200. The molecule has 5 aromatic rings. The number of anilines is 1. The third-order valence-electron chi connectivity index (χ3n) is 10.2. The highest BCUT2D eigenvalue weighted by Crippen LogP contribution is 2.36. The first kappa shape index (κ1) is 33.8. The van der Waals surface area contributed by atoms with Crippen LogP contribution in [0.4, 0.5) is 5.69 Å². The maximum atomic E-state index is 13.2. The van der Waals surface area contributed by atoms with Gasteiger partial charge in [-0.3, -0.25) is 34.5 Å². The molecule has 1 atom stereocenters. The van der Waals surface area contributed by atoms with Gasteiger partial charge in [0.25, 0.3) is 11.8 Å². The first-order valence-corrected chi connectivity index (χ1v) is 17.6. The average Bonchev–Trinajstić information content (AvgIpc) is 3.77. The molecule has 0 spiro atoms. The van der Waals surface area contributed by atoms with Crippen molar-refractivity contribution >= 4 is 29.3 Å². The lowest BCUT2D eigenvalue weighted by atomic mass is 9.78. The summed E-state index contributed by atoms with van der Waals surface area (Å²) < 4.78 is 12.3. The molecule has 4 heterocycles. The predicted octanol–water partition coefficient (Wildman–Crippen LogP) is 5.19. The van der Waals surface area contributed by atoms with E-state index < -0.39 is 29.7 Å². The SMILES string of the molecule is CC(C)(c1ccc(OCc2ccnc(-c3cn[nH]c3)n2)cc1)c1ccc(O[C@H]2C[C@@H](Nc3ccc4c(c3)C(=O)N(C3CCC(=O)NC3=O)C4=O)C2)cc1. The minimum Gasteiger partial charge on any atom is -0.490 e. The van der Waals surface area contributed by atoms with Gasteiger partial charge in [-0.25, -0.2) is 9.97 Å². The molecule has 8 rings (SSSR count). The van der Waals surface area contributed by atoms with Gasteiger partial charge in [0.2, 0.25) is 11.8 Å². The zero-order valence-corrected chi connectivity index (χ0v) is 29.2. The number of piperidine rings is 1. The number of H-pyrrole nitrogens is 1. The summed E-state index contributed by atoms with van der Waals surface area (Å²) in [5.41, 5.74) is 4.87. The fourth-order valence-corrected chi connectivity index (χ4v) is 7.00. The number of imide groups is 2. The Morgan fingerprint density at radius 2 is 1.60 bits per heavy atom. The lowest BCUT2D eigenvalue weighted by molar-refractivity contribution is -0.136. The lowest BCUT2D eigenvalue weighted by Crippen LogP contribution is -2.54. The van der Waals surface area contributed by atoms with Gasteiger partial charge >= 0.3 is 0 Å². The van der Waals surface area contributed by atoms with Crippen LogP contribution >= 0.6 is 0 Å². The Kier molecular flexibility index (Phi) is 8.69. The van der Waals surface area contributed by atoms with E-state index in [-0.39, 0.29) is 41.5 Å². The summed E-state index contributed by atoms with van der Waals surface area (Å²) in [7, 11) is 0. The molecule has 2 aliphatic heterocycles. The van der Waals surface area contributed by atoms with Gasteiger partial charge in [-0.2, -0.15) is 5.10 Å². The van der Waals surface area contributed by atoms with Gasteiger partial charge in [-0.15, -0.1) is 0 Å². The van der Waals surface area contributed by atoms with E-state index in [1.54, 1.807) is 36.8 Å². The molecule has 2 aromatic heterocycles. The molecular formula is C40H37N7O6. The van der Waals surface area contributed by atoms with Crippen molar-refractivity contribution in [3.8, 4) is 22.9 Å². The second-order valence-corrected chi connectivity index (χ2v) is 14.1. The second kappa shape index (κ2) is 13.6. The summed E-state index contributed by atoms with van der Waals surface area (Å²) in [5, 5.41) is 12.4. The minimum atomic E-state index is -0.987. The van der Waals surface area contributed by atoms with Crippen molar-refractivity contribution in [3.05, 3.63) is 119 Å². The number of fused-ring (bicyclic) bond motifs is 1. The molecule has 3 aromatic carbocycles. The van der Waals surface area contributed by atoms with Crippen molar-refractivity contribution in [2.75, 3.05) is 5.32 Å². The van der Waals surface area contributed by atoms with Gasteiger partial charge in [-0.1, -0.05) is 38.1 Å². The quantitative estimate of drug-likeness (QED) is 0.155. The fraction of sp³-hybridized carbons (Fsp3) is 0.275. The average molecular weight is 712 g/mol. The third-order valence-corrected chi connectivity index (χ3v) is 10.2. The van der Waals surface area contributed by atoms with Crippen molar-refractivity contribution in [2.45, 2.75) is 69.7 Å². The Morgan fingerprint density at radius 1 is 0.887 bits per heavy atom. The second-order valence-electron chi connectivity index (χ2n) is 14.1. The Morgan fingerprint density at radius 3 is 2.30 bits per heavy atom. The van der Waals surface area contributed by atoms with E-state index in [2.05, 4.69) is 68.9 Å². The number of ether oxygens (including phenoxy) is 2. The molecule has 268 valence electrons. The van der Waals surface area contributed by atoms with E-state index in [0.717, 1.165) is 57.3 Å². The first-order chi connectivity index (χ1) is 25.6. The van der Waals surface area contributed by atoms with Crippen LogP contribution in [0.2, 0.25) is 0 Å². The van der Waals surface area contributed by atoms with E-state index in [1.807, 2.05) is 30.3 Å². The molecular weight excluding hydrogens is 674 g/mol. The number of hydrogen-bond acceptors (Lipinski definition) is 10. The molecule has 0 radical (unpaired) electrons. The molecule has 1 unspecified atom stereocenters. The van der Waals surface area contributed by atoms with Crippen molar-refractivity contribution in [1.29, 1.82) is 0 Å². The van der Waals surface area contributed by atoms with E-state index in [1.165, 1.54) is 0 Å². The largest absolute Gasteiger partial charge is 0.490 e. The minimum absolute atomic E-state index is 0.0409. The summed E-state index contributed by atoms with van der Waals surface area (Å²) in [5.74, 6) is 0.0809. The molecule has 2 fully saturated rings. The van der Waals surface area contributed by atoms with Crippen LogP contribution in [0.5, 0.6) is 11.5 Å². The maximum Gasteiger partial charge on any atom is 0.262 e. The van der Waals surface area contributed by atoms with Crippen molar-refractivity contribution < 1.29 is 28.7 Å². The number of amides is 4. The van der Waals surface area contributed by atoms with Crippen LogP contribution in [0.3, 0.4) is 0 Å². The van der Waals surface area contributed by atoms with Crippen LogP contribution in [0.1, 0.15) is 77.1 Å². The highest BCUT2D eigenvalue weighted by atomic mass is 16.5. The number of hydrogen-bond donors (Lipinski definition) is 3. The maximum absolute atomic E-state index is 13.2. The van der Waals surface area contributed by atoms with Crippen LogP contribution in [-0.4, -0.2) is 66.9 Å². The van der Waals surface area contributed by atoms with Gasteiger partial charge in [0.1, 0.15) is 30.3 Å².